The molecule has 7 heteroatoms. The molecule has 0 amide bonds. The van der Waals surface area contributed by atoms with Gasteiger partial charge in [-0.2, -0.15) is 0 Å². The molecule has 1 saturated heterocycles. The molecule has 0 aliphatic carbocycles. The lowest BCUT2D eigenvalue weighted by Gasteiger charge is -2.22. The van der Waals surface area contributed by atoms with E-state index in [4.69, 9.17) is 0 Å². The second-order valence-corrected chi connectivity index (χ2v) is 7.07. The molecule has 1 fully saturated rings. The van der Waals surface area contributed by atoms with E-state index in [0.29, 0.717) is 10.2 Å². The van der Waals surface area contributed by atoms with Gasteiger partial charge in [0.2, 0.25) is 10.0 Å². The fourth-order valence-corrected chi connectivity index (χ4v) is 4.03. The molecule has 5 nitrogen and oxygen atoms in total. The summed E-state index contributed by atoms with van der Waals surface area (Å²) >= 11 is 3.27. The van der Waals surface area contributed by atoms with Crippen molar-refractivity contribution >= 4 is 31.6 Å². The molecule has 1 aliphatic rings. The van der Waals surface area contributed by atoms with Crippen molar-refractivity contribution in [2.24, 2.45) is 5.92 Å². The van der Waals surface area contributed by atoms with Crippen molar-refractivity contribution in [2.75, 3.05) is 23.6 Å². The second-order valence-electron chi connectivity index (χ2n) is 4.45. The number of anilines is 1. The molecular formula is C11H16BrN3O2S. The Hall–Kier alpha value is -0.660. The van der Waals surface area contributed by atoms with Crippen LogP contribution in [0.2, 0.25) is 0 Å². The summed E-state index contributed by atoms with van der Waals surface area (Å²) in [5, 5.41) is 3.22. The predicted molar refractivity (Wildman–Crippen MR) is 74.9 cm³/mol. The highest BCUT2D eigenvalue weighted by Crippen LogP contribution is 2.22. The van der Waals surface area contributed by atoms with E-state index in [1.54, 1.807) is 18.5 Å². The third-order valence-corrected chi connectivity index (χ3v) is 4.97. The van der Waals surface area contributed by atoms with E-state index in [1.165, 1.54) is 0 Å². The largest absolute Gasteiger partial charge is 0.316 e. The van der Waals surface area contributed by atoms with Crippen LogP contribution in [0.4, 0.5) is 5.69 Å². The summed E-state index contributed by atoms with van der Waals surface area (Å²) in [5.74, 6) is 0.353. The maximum Gasteiger partial charge on any atom is 0.233 e. The number of hydrogen-bond acceptors (Lipinski definition) is 4. The molecule has 1 aromatic rings. The van der Waals surface area contributed by atoms with Crippen LogP contribution in [0.15, 0.2) is 22.9 Å². The molecule has 1 aromatic heterocycles. The number of halogens is 1. The number of sulfonamides is 1. The zero-order chi connectivity index (χ0) is 13.0. The van der Waals surface area contributed by atoms with Crippen molar-refractivity contribution in [3.63, 3.8) is 0 Å². The van der Waals surface area contributed by atoms with Crippen LogP contribution in [0.25, 0.3) is 0 Å². The van der Waals surface area contributed by atoms with E-state index >= 15 is 0 Å². The minimum absolute atomic E-state index is 0.161. The van der Waals surface area contributed by atoms with Crippen LogP contribution in [0.1, 0.15) is 12.8 Å². The topological polar surface area (TPSA) is 71.1 Å². The van der Waals surface area contributed by atoms with Crippen molar-refractivity contribution in [3.8, 4) is 0 Å². The number of aromatic nitrogens is 1. The highest BCUT2D eigenvalue weighted by molar-refractivity contribution is 9.10. The Labute approximate surface area is 116 Å². The maximum absolute atomic E-state index is 12.0. The average Bonchev–Trinajstić information content (AvgIpc) is 2.32. The maximum atomic E-state index is 12.0. The van der Waals surface area contributed by atoms with Gasteiger partial charge in [-0.05, 0) is 53.8 Å². The van der Waals surface area contributed by atoms with Gasteiger partial charge in [0.05, 0.1) is 15.9 Å². The molecule has 1 atom stereocenters. The molecule has 2 N–H and O–H groups in total. The lowest BCUT2D eigenvalue weighted by Crippen LogP contribution is -2.35. The summed E-state index contributed by atoms with van der Waals surface area (Å²) in [7, 11) is -3.30. The van der Waals surface area contributed by atoms with Crippen LogP contribution in [0, 0.1) is 5.92 Å². The molecule has 0 spiro atoms. The summed E-state index contributed by atoms with van der Waals surface area (Å²) < 4.78 is 27.3. The molecule has 100 valence electrons. The Morgan fingerprint density at radius 1 is 1.56 bits per heavy atom. The third-order valence-electron chi connectivity index (χ3n) is 2.89. The van der Waals surface area contributed by atoms with Gasteiger partial charge in [-0.15, -0.1) is 0 Å². The molecule has 0 saturated carbocycles. The highest BCUT2D eigenvalue weighted by Gasteiger charge is 2.21. The van der Waals surface area contributed by atoms with Gasteiger partial charge in [0, 0.05) is 12.4 Å². The molecule has 2 heterocycles. The number of nitrogens with one attached hydrogen (secondary N) is 2. The number of piperidine rings is 1. The minimum atomic E-state index is -3.30. The number of rotatable bonds is 4. The van der Waals surface area contributed by atoms with Crippen molar-refractivity contribution in [1.82, 2.24) is 10.3 Å². The van der Waals surface area contributed by atoms with Gasteiger partial charge >= 0.3 is 0 Å². The smallest absolute Gasteiger partial charge is 0.233 e. The van der Waals surface area contributed by atoms with E-state index in [0.717, 1.165) is 25.9 Å². The summed E-state index contributed by atoms with van der Waals surface area (Å²) in [4.78, 5) is 3.90. The number of hydrogen-bond donors (Lipinski definition) is 2. The molecule has 1 unspecified atom stereocenters. The Kier molecular flexibility index (Phi) is 4.58. The first-order valence-electron chi connectivity index (χ1n) is 5.87. The number of nitrogens with zero attached hydrogens (tertiary/aromatic N) is 1. The zero-order valence-electron chi connectivity index (χ0n) is 9.89. The first-order chi connectivity index (χ1) is 8.57. The van der Waals surface area contributed by atoms with Crippen LogP contribution in [0.5, 0.6) is 0 Å². The van der Waals surface area contributed by atoms with Crippen LogP contribution >= 0.6 is 15.9 Å². The van der Waals surface area contributed by atoms with E-state index in [1.807, 2.05) is 0 Å². The van der Waals surface area contributed by atoms with Gasteiger partial charge in [0.1, 0.15) is 0 Å². The van der Waals surface area contributed by atoms with Gasteiger partial charge < -0.3 is 5.32 Å². The standard InChI is InChI=1S/C11H16BrN3O2S/c12-10-7-14-5-3-11(10)15-18(16,17)8-9-2-1-4-13-6-9/h3,5,7,9,13H,1-2,4,6,8H2,(H,14,15). The summed E-state index contributed by atoms with van der Waals surface area (Å²) in [5.41, 5.74) is 0.536. The lowest BCUT2D eigenvalue weighted by atomic mass is 10.0. The number of pyridine rings is 1. The Morgan fingerprint density at radius 2 is 2.39 bits per heavy atom. The van der Waals surface area contributed by atoms with Gasteiger partial charge in [0.15, 0.2) is 0 Å². The summed E-state index contributed by atoms with van der Waals surface area (Å²) in [6.45, 7) is 1.76. The average molecular weight is 334 g/mol. The monoisotopic (exact) mass is 333 g/mol. The fraction of sp³-hybridized carbons (Fsp3) is 0.545. The van der Waals surface area contributed by atoms with E-state index in [2.05, 4.69) is 31.0 Å². The van der Waals surface area contributed by atoms with E-state index < -0.39 is 10.0 Å². The van der Waals surface area contributed by atoms with Crippen molar-refractivity contribution in [1.29, 1.82) is 0 Å². The van der Waals surface area contributed by atoms with Crippen LogP contribution in [0.3, 0.4) is 0 Å². The van der Waals surface area contributed by atoms with Gasteiger partial charge in [-0.3, -0.25) is 9.71 Å². The van der Waals surface area contributed by atoms with Crippen LogP contribution in [-0.2, 0) is 10.0 Å². The van der Waals surface area contributed by atoms with E-state index in [9.17, 15) is 8.42 Å². The molecule has 0 aromatic carbocycles. The summed E-state index contributed by atoms with van der Waals surface area (Å²) in [6, 6.07) is 1.64. The Morgan fingerprint density at radius 3 is 3.06 bits per heavy atom. The highest BCUT2D eigenvalue weighted by atomic mass is 79.9. The van der Waals surface area contributed by atoms with Gasteiger partial charge in [0.25, 0.3) is 0 Å². The van der Waals surface area contributed by atoms with Gasteiger partial charge in [-0.1, -0.05) is 0 Å². The molecule has 2 rings (SSSR count). The van der Waals surface area contributed by atoms with Crippen LogP contribution < -0.4 is 10.0 Å². The van der Waals surface area contributed by atoms with E-state index in [-0.39, 0.29) is 11.7 Å². The molecule has 18 heavy (non-hydrogen) atoms. The minimum Gasteiger partial charge on any atom is -0.316 e. The van der Waals surface area contributed by atoms with Gasteiger partial charge in [-0.25, -0.2) is 8.42 Å². The first kappa shape index (κ1) is 13.8. The van der Waals surface area contributed by atoms with Crippen molar-refractivity contribution in [2.45, 2.75) is 12.8 Å². The Balaban J connectivity index is 2.01. The second kappa shape index (κ2) is 5.99. The lowest BCUT2D eigenvalue weighted by molar-refractivity contribution is 0.404. The third kappa shape index (κ3) is 3.93. The molecule has 0 radical (unpaired) electrons. The molecular weight excluding hydrogens is 318 g/mol. The zero-order valence-corrected chi connectivity index (χ0v) is 12.3. The molecule has 0 bridgehead atoms. The Bertz CT molecular complexity index is 501. The fourth-order valence-electron chi connectivity index (χ4n) is 2.04. The van der Waals surface area contributed by atoms with Crippen LogP contribution in [-0.4, -0.2) is 32.2 Å². The van der Waals surface area contributed by atoms with Crippen molar-refractivity contribution in [3.05, 3.63) is 22.9 Å². The summed E-state index contributed by atoms with van der Waals surface area (Å²) in [6.07, 6.45) is 5.13. The molecule has 1 aliphatic heterocycles. The normalized spacial score (nSPS) is 20.6. The first-order valence-corrected chi connectivity index (χ1v) is 8.32. The quantitative estimate of drug-likeness (QED) is 0.877. The van der Waals surface area contributed by atoms with Crippen molar-refractivity contribution < 1.29 is 8.42 Å². The predicted octanol–water partition coefficient (Wildman–Crippen LogP) is 1.59. The SMILES string of the molecule is O=S(=O)(CC1CCCNC1)Nc1ccncc1Br.